The van der Waals surface area contributed by atoms with Gasteiger partial charge in [-0.3, -0.25) is 4.79 Å². The third kappa shape index (κ3) is 3.98. The zero-order chi connectivity index (χ0) is 14.5. The molecule has 0 aliphatic heterocycles. The minimum absolute atomic E-state index is 0.0479. The van der Waals surface area contributed by atoms with Gasteiger partial charge in [0.1, 0.15) is 11.6 Å². The molecule has 104 valence electrons. The van der Waals surface area contributed by atoms with Crippen molar-refractivity contribution < 1.29 is 9.18 Å². The molecule has 0 saturated heterocycles. The minimum Gasteiger partial charge on any atom is -0.298 e. The lowest BCUT2D eigenvalue weighted by Crippen LogP contribution is -2.07. The van der Waals surface area contributed by atoms with Crippen LogP contribution in [0, 0.1) is 5.82 Å². The van der Waals surface area contributed by atoms with Crippen LogP contribution in [-0.4, -0.2) is 11.5 Å². The molecule has 0 unspecified atom stereocenters. The van der Waals surface area contributed by atoms with E-state index in [0.717, 1.165) is 0 Å². The molecule has 0 aromatic heterocycles. The van der Waals surface area contributed by atoms with Gasteiger partial charge in [-0.2, -0.15) is 0 Å². The van der Waals surface area contributed by atoms with Crippen molar-refractivity contribution in [1.82, 2.24) is 0 Å². The molecule has 0 atom stereocenters. The summed E-state index contributed by atoms with van der Waals surface area (Å²) in [5.74, 6) is -0.183. The predicted octanol–water partition coefficient (Wildman–Crippen LogP) is 5.04. The first-order valence-electron chi connectivity index (χ1n) is 5.90. The highest BCUT2D eigenvalue weighted by molar-refractivity contribution is 8.00. The van der Waals surface area contributed by atoms with Gasteiger partial charge in [-0.05, 0) is 29.8 Å². The first-order chi connectivity index (χ1) is 9.58. The highest BCUT2D eigenvalue weighted by Crippen LogP contribution is 2.26. The molecule has 0 N–H and O–H groups in total. The molecule has 2 aromatic rings. The molecule has 20 heavy (non-hydrogen) atoms. The van der Waals surface area contributed by atoms with E-state index >= 15 is 0 Å². The zero-order valence-corrected chi connectivity index (χ0v) is 12.7. The average molecular weight is 329 g/mol. The van der Waals surface area contributed by atoms with Crippen molar-refractivity contribution in [2.24, 2.45) is 0 Å². The molecular formula is C15H11Cl2FOS. The van der Waals surface area contributed by atoms with Crippen LogP contribution in [0.2, 0.25) is 10.0 Å². The van der Waals surface area contributed by atoms with Crippen LogP contribution in [0.15, 0.2) is 47.4 Å². The molecule has 0 amide bonds. The van der Waals surface area contributed by atoms with Gasteiger partial charge in [0.15, 0.2) is 0 Å². The molecule has 2 rings (SSSR count). The van der Waals surface area contributed by atoms with E-state index < -0.39 is 0 Å². The van der Waals surface area contributed by atoms with Crippen molar-refractivity contribution >= 4 is 40.7 Å². The quantitative estimate of drug-likeness (QED) is 0.715. The minimum atomic E-state index is -0.318. The lowest BCUT2D eigenvalue weighted by Gasteiger charge is -2.06. The van der Waals surface area contributed by atoms with Crippen LogP contribution in [0.3, 0.4) is 0 Å². The van der Waals surface area contributed by atoms with Crippen molar-refractivity contribution in [1.29, 1.82) is 0 Å². The van der Waals surface area contributed by atoms with Crippen LogP contribution in [0.4, 0.5) is 4.39 Å². The zero-order valence-electron chi connectivity index (χ0n) is 10.4. The molecule has 0 aliphatic rings. The third-order valence-electron chi connectivity index (χ3n) is 2.66. The summed E-state index contributed by atoms with van der Waals surface area (Å²) in [6.07, 6.45) is 0.153. The molecular weight excluding hydrogens is 318 g/mol. The Balaban J connectivity index is 1.98. The van der Waals surface area contributed by atoms with Crippen molar-refractivity contribution in [3.05, 3.63) is 63.9 Å². The van der Waals surface area contributed by atoms with E-state index in [0.29, 0.717) is 20.5 Å². The van der Waals surface area contributed by atoms with Gasteiger partial charge in [-0.1, -0.05) is 41.4 Å². The molecule has 0 heterocycles. The molecule has 0 fully saturated rings. The van der Waals surface area contributed by atoms with Gasteiger partial charge in [0.25, 0.3) is 0 Å². The van der Waals surface area contributed by atoms with Gasteiger partial charge in [0, 0.05) is 21.4 Å². The summed E-state index contributed by atoms with van der Waals surface area (Å²) >= 11 is 13.2. The summed E-state index contributed by atoms with van der Waals surface area (Å²) in [4.78, 5) is 12.4. The maximum atomic E-state index is 13.4. The van der Waals surface area contributed by atoms with E-state index in [9.17, 15) is 9.18 Å². The topological polar surface area (TPSA) is 17.1 Å². The maximum absolute atomic E-state index is 13.4. The van der Waals surface area contributed by atoms with Gasteiger partial charge in [-0.15, -0.1) is 11.8 Å². The molecule has 0 radical (unpaired) electrons. The van der Waals surface area contributed by atoms with Gasteiger partial charge < -0.3 is 0 Å². The number of carbonyl (C=O) groups is 1. The van der Waals surface area contributed by atoms with E-state index in [4.69, 9.17) is 23.2 Å². The first-order valence-corrected chi connectivity index (χ1v) is 7.64. The molecule has 0 bridgehead atoms. The monoisotopic (exact) mass is 328 g/mol. The summed E-state index contributed by atoms with van der Waals surface area (Å²) in [7, 11) is 0. The molecule has 2 aromatic carbocycles. The van der Waals surface area contributed by atoms with E-state index in [2.05, 4.69) is 0 Å². The van der Waals surface area contributed by atoms with Crippen LogP contribution in [0.1, 0.15) is 5.56 Å². The lowest BCUT2D eigenvalue weighted by molar-refractivity contribution is -0.116. The number of hydrogen-bond acceptors (Lipinski definition) is 2. The Labute approximate surface area is 131 Å². The van der Waals surface area contributed by atoms with E-state index in [1.54, 1.807) is 36.4 Å². The lowest BCUT2D eigenvalue weighted by atomic mass is 10.1. The van der Waals surface area contributed by atoms with Crippen LogP contribution in [-0.2, 0) is 11.2 Å². The van der Waals surface area contributed by atoms with Gasteiger partial charge >= 0.3 is 0 Å². The second-order valence-electron chi connectivity index (χ2n) is 4.13. The second kappa shape index (κ2) is 7.11. The van der Waals surface area contributed by atoms with Crippen LogP contribution in [0.5, 0.6) is 0 Å². The summed E-state index contributed by atoms with van der Waals surface area (Å²) in [5.41, 5.74) is 0.620. The number of Topliss-reactive ketones (excluding diaryl/α,β-unsaturated/α-hetero) is 1. The van der Waals surface area contributed by atoms with Gasteiger partial charge in [0.2, 0.25) is 0 Å². The number of halogens is 3. The fourth-order valence-electron chi connectivity index (χ4n) is 1.67. The number of rotatable bonds is 5. The van der Waals surface area contributed by atoms with Gasteiger partial charge in [-0.25, -0.2) is 4.39 Å². The standard InChI is InChI=1S/C15H11Cl2FOS/c16-12-4-3-5-13(17)11(12)8-10(19)9-20-15-7-2-1-6-14(15)18/h1-7H,8-9H2. The number of thioether (sulfide) groups is 1. The number of ketones is 1. The summed E-state index contributed by atoms with van der Waals surface area (Å²) < 4.78 is 13.4. The van der Waals surface area contributed by atoms with Crippen molar-refractivity contribution in [2.45, 2.75) is 11.3 Å². The Kier molecular flexibility index (Phi) is 5.46. The van der Waals surface area contributed by atoms with E-state index in [-0.39, 0.29) is 23.8 Å². The largest absolute Gasteiger partial charge is 0.298 e. The Bertz CT molecular complexity index is 611. The summed E-state index contributed by atoms with van der Waals surface area (Å²) in [6, 6.07) is 11.5. The highest BCUT2D eigenvalue weighted by atomic mass is 35.5. The molecule has 0 spiro atoms. The van der Waals surface area contributed by atoms with Crippen LogP contribution in [0.25, 0.3) is 0 Å². The highest BCUT2D eigenvalue weighted by Gasteiger charge is 2.12. The van der Waals surface area contributed by atoms with Gasteiger partial charge in [0.05, 0.1) is 5.75 Å². The summed E-state index contributed by atoms with van der Waals surface area (Å²) in [6.45, 7) is 0. The van der Waals surface area contributed by atoms with Crippen molar-refractivity contribution in [3.63, 3.8) is 0 Å². The Hall–Kier alpha value is -1.03. The van der Waals surface area contributed by atoms with E-state index in [1.807, 2.05) is 0 Å². The average Bonchev–Trinajstić information content (AvgIpc) is 2.42. The normalized spacial score (nSPS) is 10.6. The number of carbonyl (C=O) groups excluding carboxylic acids is 1. The van der Waals surface area contributed by atoms with Crippen molar-refractivity contribution in [2.75, 3.05) is 5.75 Å². The number of benzene rings is 2. The Morgan fingerprint density at radius 3 is 2.35 bits per heavy atom. The predicted molar refractivity (Wildman–Crippen MR) is 82.3 cm³/mol. The maximum Gasteiger partial charge on any atom is 0.147 e. The molecule has 5 heteroatoms. The fraction of sp³-hybridized carbons (Fsp3) is 0.133. The molecule has 0 aliphatic carbocycles. The third-order valence-corrected chi connectivity index (χ3v) is 4.48. The Morgan fingerprint density at radius 1 is 1.05 bits per heavy atom. The van der Waals surface area contributed by atoms with Crippen molar-refractivity contribution in [3.8, 4) is 0 Å². The summed E-state index contributed by atoms with van der Waals surface area (Å²) in [5, 5.41) is 0.948. The van der Waals surface area contributed by atoms with Crippen LogP contribution >= 0.6 is 35.0 Å². The molecule has 1 nitrogen and oxygen atoms in total. The number of hydrogen-bond donors (Lipinski definition) is 0. The fourth-order valence-corrected chi connectivity index (χ4v) is 3.00. The molecule has 0 saturated carbocycles. The van der Waals surface area contributed by atoms with Crippen LogP contribution < -0.4 is 0 Å². The SMILES string of the molecule is O=C(CSc1ccccc1F)Cc1c(Cl)cccc1Cl. The Morgan fingerprint density at radius 2 is 1.70 bits per heavy atom. The first kappa shape index (κ1) is 15.4. The second-order valence-corrected chi connectivity index (χ2v) is 5.97. The van der Waals surface area contributed by atoms with E-state index in [1.165, 1.54) is 17.8 Å². The smallest absolute Gasteiger partial charge is 0.147 e.